The summed E-state index contributed by atoms with van der Waals surface area (Å²) in [4.78, 5) is 15.0. The summed E-state index contributed by atoms with van der Waals surface area (Å²) in [6, 6.07) is 13.8. The van der Waals surface area contributed by atoms with E-state index in [2.05, 4.69) is 10.2 Å². The molecular formula is C19H22N2O3S. The number of carbonyl (C=O) groups is 1. The average Bonchev–Trinajstić information content (AvgIpc) is 2.62. The van der Waals surface area contributed by atoms with Crippen LogP contribution in [0, 0.1) is 0 Å². The third-order valence-corrected chi connectivity index (χ3v) is 5.52. The molecule has 1 saturated heterocycles. The van der Waals surface area contributed by atoms with E-state index in [0.29, 0.717) is 5.56 Å². The van der Waals surface area contributed by atoms with Crippen molar-refractivity contribution in [2.45, 2.75) is 24.2 Å². The van der Waals surface area contributed by atoms with Gasteiger partial charge in [-0.25, -0.2) is 8.42 Å². The minimum absolute atomic E-state index is 0.206. The molecule has 1 amide bonds. The summed E-state index contributed by atoms with van der Waals surface area (Å²) in [5.41, 5.74) is 2.24. The van der Waals surface area contributed by atoms with Crippen molar-refractivity contribution in [3.8, 4) is 0 Å². The van der Waals surface area contributed by atoms with Gasteiger partial charge in [0.2, 0.25) is 0 Å². The lowest BCUT2D eigenvalue weighted by atomic mass is 10.1. The van der Waals surface area contributed by atoms with Gasteiger partial charge in [0.1, 0.15) is 0 Å². The highest BCUT2D eigenvalue weighted by Gasteiger charge is 2.16. The van der Waals surface area contributed by atoms with E-state index >= 15 is 0 Å². The van der Waals surface area contributed by atoms with E-state index in [1.54, 1.807) is 0 Å². The second-order valence-corrected chi connectivity index (χ2v) is 8.33. The zero-order valence-electron chi connectivity index (χ0n) is 14.2. The fourth-order valence-corrected chi connectivity index (χ4v) is 3.67. The molecule has 6 heteroatoms. The highest BCUT2D eigenvalue weighted by Crippen LogP contribution is 2.28. The van der Waals surface area contributed by atoms with Crippen LogP contribution in [0.2, 0.25) is 0 Å². The van der Waals surface area contributed by atoms with E-state index in [9.17, 15) is 13.2 Å². The molecule has 1 N–H and O–H groups in total. The monoisotopic (exact) mass is 358 g/mol. The van der Waals surface area contributed by atoms with Gasteiger partial charge in [-0.3, -0.25) is 4.79 Å². The number of para-hydroxylation sites is 2. The Morgan fingerprint density at radius 2 is 1.60 bits per heavy atom. The van der Waals surface area contributed by atoms with Gasteiger partial charge in [0.05, 0.1) is 16.3 Å². The molecule has 5 nitrogen and oxygen atoms in total. The van der Waals surface area contributed by atoms with Gasteiger partial charge < -0.3 is 10.2 Å². The number of nitrogens with zero attached hydrogens (tertiary/aromatic N) is 1. The first-order valence-corrected chi connectivity index (χ1v) is 10.3. The van der Waals surface area contributed by atoms with E-state index in [1.165, 1.54) is 30.7 Å². The quantitative estimate of drug-likeness (QED) is 0.910. The molecule has 0 saturated carbocycles. The van der Waals surface area contributed by atoms with Gasteiger partial charge in [-0.15, -0.1) is 0 Å². The van der Waals surface area contributed by atoms with Crippen molar-refractivity contribution in [1.29, 1.82) is 0 Å². The average molecular weight is 358 g/mol. The molecule has 0 aliphatic carbocycles. The maximum absolute atomic E-state index is 12.5. The number of piperidine rings is 1. The first kappa shape index (κ1) is 17.5. The molecule has 25 heavy (non-hydrogen) atoms. The number of amides is 1. The Morgan fingerprint density at radius 1 is 0.960 bits per heavy atom. The Bertz CT molecular complexity index is 854. The van der Waals surface area contributed by atoms with Gasteiger partial charge >= 0.3 is 0 Å². The van der Waals surface area contributed by atoms with Crippen LogP contribution >= 0.6 is 0 Å². The molecule has 1 fully saturated rings. The van der Waals surface area contributed by atoms with Crippen molar-refractivity contribution in [1.82, 2.24) is 0 Å². The van der Waals surface area contributed by atoms with Gasteiger partial charge in [-0.2, -0.15) is 0 Å². The van der Waals surface area contributed by atoms with Gasteiger partial charge in [-0.1, -0.05) is 12.1 Å². The predicted molar refractivity (Wildman–Crippen MR) is 100 cm³/mol. The highest BCUT2D eigenvalue weighted by molar-refractivity contribution is 7.90. The molecule has 1 aliphatic heterocycles. The molecule has 2 aromatic carbocycles. The molecule has 2 aromatic rings. The van der Waals surface area contributed by atoms with Crippen molar-refractivity contribution in [3.63, 3.8) is 0 Å². The first-order chi connectivity index (χ1) is 11.9. The van der Waals surface area contributed by atoms with Crippen LogP contribution in [0.15, 0.2) is 53.4 Å². The van der Waals surface area contributed by atoms with Gasteiger partial charge in [0.25, 0.3) is 5.91 Å². The van der Waals surface area contributed by atoms with Crippen molar-refractivity contribution in [2.75, 3.05) is 29.6 Å². The number of anilines is 2. The second-order valence-electron chi connectivity index (χ2n) is 6.32. The van der Waals surface area contributed by atoms with E-state index < -0.39 is 9.84 Å². The predicted octanol–water partition coefficient (Wildman–Crippen LogP) is 3.33. The van der Waals surface area contributed by atoms with Crippen LogP contribution in [0.5, 0.6) is 0 Å². The fraction of sp³-hybridized carbons (Fsp3) is 0.316. The molecule has 0 atom stereocenters. The summed E-state index contributed by atoms with van der Waals surface area (Å²) in [7, 11) is -3.26. The van der Waals surface area contributed by atoms with Crippen LogP contribution in [-0.4, -0.2) is 33.7 Å². The van der Waals surface area contributed by atoms with Crippen LogP contribution in [0.1, 0.15) is 29.6 Å². The first-order valence-electron chi connectivity index (χ1n) is 8.40. The Balaban J connectivity index is 1.79. The Labute approximate surface area is 148 Å². The van der Waals surface area contributed by atoms with Crippen molar-refractivity contribution in [2.24, 2.45) is 0 Å². The zero-order chi connectivity index (χ0) is 17.9. The lowest BCUT2D eigenvalue weighted by molar-refractivity contribution is 0.102. The number of benzene rings is 2. The molecule has 1 heterocycles. The molecule has 0 aromatic heterocycles. The molecule has 1 aliphatic rings. The molecule has 0 unspecified atom stereocenters. The summed E-state index contributed by atoms with van der Waals surface area (Å²) in [5, 5.41) is 2.95. The Morgan fingerprint density at radius 3 is 2.24 bits per heavy atom. The molecule has 0 bridgehead atoms. The van der Waals surface area contributed by atoms with Gasteiger partial charge in [0, 0.05) is 24.9 Å². The van der Waals surface area contributed by atoms with E-state index in [-0.39, 0.29) is 10.8 Å². The van der Waals surface area contributed by atoms with E-state index in [1.807, 2.05) is 24.3 Å². The van der Waals surface area contributed by atoms with Crippen molar-refractivity contribution >= 4 is 27.1 Å². The number of hydrogen-bond donors (Lipinski definition) is 1. The molecule has 132 valence electrons. The maximum Gasteiger partial charge on any atom is 0.255 e. The standard InChI is InChI=1S/C19H22N2O3S/c1-25(23,24)16-11-9-15(10-12-16)19(22)20-17-7-3-4-8-18(17)21-13-5-2-6-14-21/h3-4,7-12H,2,5-6,13-14H2,1H3,(H,20,22). The minimum Gasteiger partial charge on any atom is -0.370 e. The normalized spacial score (nSPS) is 15.0. The summed E-state index contributed by atoms with van der Waals surface area (Å²) in [6.07, 6.45) is 4.72. The fourth-order valence-electron chi connectivity index (χ4n) is 3.04. The third-order valence-electron chi connectivity index (χ3n) is 4.39. The minimum atomic E-state index is -3.26. The lowest BCUT2D eigenvalue weighted by Crippen LogP contribution is -2.30. The van der Waals surface area contributed by atoms with Gasteiger partial charge in [-0.05, 0) is 55.7 Å². The molecule has 0 spiro atoms. The Hall–Kier alpha value is -2.34. The molecular weight excluding hydrogens is 336 g/mol. The summed E-state index contributed by atoms with van der Waals surface area (Å²) in [6.45, 7) is 1.99. The number of hydrogen-bond acceptors (Lipinski definition) is 4. The highest BCUT2D eigenvalue weighted by atomic mass is 32.2. The summed E-state index contributed by atoms with van der Waals surface area (Å²) in [5.74, 6) is -0.246. The summed E-state index contributed by atoms with van der Waals surface area (Å²) >= 11 is 0. The lowest BCUT2D eigenvalue weighted by Gasteiger charge is -2.30. The molecule has 3 rings (SSSR count). The number of sulfone groups is 1. The third kappa shape index (κ3) is 4.20. The summed E-state index contributed by atoms with van der Waals surface area (Å²) < 4.78 is 23.0. The SMILES string of the molecule is CS(=O)(=O)c1ccc(C(=O)Nc2ccccc2N2CCCCC2)cc1. The number of carbonyl (C=O) groups excluding carboxylic acids is 1. The van der Waals surface area contributed by atoms with E-state index in [4.69, 9.17) is 0 Å². The Kier molecular flexibility index (Phi) is 5.08. The van der Waals surface area contributed by atoms with Crippen molar-refractivity contribution < 1.29 is 13.2 Å². The van der Waals surface area contributed by atoms with Gasteiger partial charge in [0.15, 0.2) is 9.84 Å². The van der Waals surface area contributed by atoms with Crippen LogP contribution in [-0.2, 0) is 9.84 Å². The number of rotatable bonds is 4. The number of nitrogens with one attached hydrogen (secondary N) is 1. The van der Waals surface area contributed by atoms with Crippen LogP contribution < -0.4 is 10.2 Å². The largest absolute Gasteiger partial charge is 0.370 e. The van der Waals surface area contributed by atoms with E-state index in [0.717, 1.165) is 43.6 Å². The van der Waals surface area contributed by atoms with Crippen LogP contribution in [0.4, 0.5) is 11.4 Å². The van der Waals surface area contributed by atoms with Crippen LogP contribution in [0.3, 0.4) is 0 Å². The molecule has 0 radical (unpaired) electrons. The zero-order valence-corrected chi connectivity index (χ0v) is 15.1. The maximum atomic E-state index is 12.5. The van der Waals surface area contributed by atoms with Crippen molar-refractivity contribution in [3.05, 3.63) is 54.1 Å². The van der Waals surface area contributed by atoms with Crippen LogP contribution in [0.25, 0.3) is 0 Å². The smallest absolute Gasteiger partial charge is 0.255 e. The topological polar surface area (TPSA) is 66.5 Å². The second kappa shape index (κ2) is 7.27.